The van der Waals surface area contributed by atoms with Crippen LogP contribution in [0.4, 0.5) is 0 Å². The number of guanidine groups is 1. The van der Waals surface area contributed by atoms with Gasteiger partial charge >= 0.3 is 0 Å². The summed E-state index contributed by atoms with van der Waals surface area (Å²) < 4.78 is 12.9. The predicted octanol–water partition coefficient (Wildman–Crippen LogP) is 2.42. The van der Waals surface area contributed by atoms with Gasteiger partial charge < -0.3 is 24.7 Å². The number of aliphatic imine (C=N–C) groups is 1. The summed E-state index contributed by atoms with van der Waals surface area (Å²) in [5.41, 5.74) is 1.22. The summed E-state index contributed by atoms with van der Waals surface area (Å²) in [6.45, 7) is 8.29. The maximum Gasteiger partial charge on any atom is 0.191 e. The second-order valence-electron chi connectivity index (χ2n) is 6.39. The van der Waals surface area contributed by atoms with Crippen molar-refractivity contribution in [1.82, 2.24) is 25.4 Å². The molecule has 0 amide bonds. The van der Waals surface area contributed by atoms with Crippen molar-refractivity contribution in [2.24, 2.45) is 4.99 Å². The molecule has 29 heavy (non-hydrogen) atoms. The van der Waals surface area contributed by atoms with Gasteiger partial charge in [0.2, 0.25) is 0 Å². The Hall–Kier alpha value is -1.88. The van der Waals surface area contributed by atoms with Gasteiger partial charge in [-0.2, -0.15) is 0 Å². The number of nitrogens with zero attached hydrogens (tertiary/aromatic N) is 4. The highest BCUT2D eigenvalue weighted by molar-refractivity contribution is 14.0. The molecule has 0 fully saturated rings. The normalized spacial score (nSPS) is 11.1. The lowest BCUT2D eigenvalue weighted by Gasteiger charge is -2.14. The lowest BCUT2D eigenvalue weighted by molar-refractivity contribution is 0.197. The number of hydrogen-bond acceptors (Lipinski definition) is 5. The molecule has 0 saturated heterocycles. The monoisotopic (exact) mass is 516 g/mol. The lowest BCUT2D eigenvalue weighted by atomic mass is 10.2. The second kappa shape index (κ2) is 15.0. The van der Waals surface area contributed by atoms with Gasteiger partial charge in [-0.1, -0.05) is 24.6 Å². The minimum absolute atomic E-state index is 0. The molecule has 1 aromatic carbocycles. The molecule has 2 aromatic rings. The second-order valence-corrected chi connectivity index (χ2v) is 6.39. The minimum atomic E-state index is 0. The van der Waals surface area contributed by atoms with Crippen LogP contribution in [0.15, 0.2) is 35.6 Å². The fourth-order valence-corrected chi connectivity index (χ4v) is 2.58. The first kappa shape index (κ1) is 25.2. The van der Waals surface area contributed by atoms with E-state index < -0.39 is 0 Å². The smallest absolute Gasteiger partial charge is 0.191 e. The number of rotatable bonds is 12. The van der Waals surface area contributed by atoms with Gasteiger partial charge in [-0.05, 0) is 25.5 Å². The van der Waals surface area contributed by atoms with E-state index in [0.29, 0.717) is 26.3 Å². The van der Waals surface area contributed by atoms with Crippen LogP contribution in [0.5, 0.6) is 5.75 Å². The standard InChI is InChI=1S/C20H32N6O2.HI/c1-4-19-25-24-16-26(19)13-11-22-20(21-10-5-14-27-3)23-12-15-28-18-8-6-17(2)7-9-18;/h6-9,16H,4-5,10-15H2,1-3H3,(H2,21,22,23);1H. The lowest BCUT2D eigenvalue weighted by Crippen LogP contribution is -2.41. The highest BCUT2D eigenvalue weighted by Crippen LogP contribution is 2.10. The van der Waals surface area contributed by atoms with E-state index in [-0.39, 0.29) is 24.0 Å². The SMILES string of the molecule is CCc1nncn1CCNC(=NCCCOC)NCCOc1ccc(C)cc1.I. The summed E-state index contributed by atoms with van der Waals surface area (Å²) in [5.74, 6) is 2.63. The third-order valence-electron chi connectivity index (χ3n) is 4.12. The Bertz CT molecular complexity index is 705. The van der Waals surface area contributed by atoms with Gasteiger partial charge in [0.1, 0.15) is 24.5 Å². The zero-order chi connectivity index (χ0) is 20.0. The van der Waals surface area contributed by atoms with E-state index in [2.05, 4.69) is 44.2 Å². The molecule has 2 N–H and O–H groups in total. The Morgan fingerprint density at radius 2 is 1.90 bits per heavy atom. The first-order valence-electron chi connectivity index (χ1n) is 9.80. The van der Waals surface area contributed by atoms with Crippen LogP contribution < -0.4 is 15.4 Å². The number of aromatic nitrogens is 3. The molecule has 0 unspecified atom stereocenters. The Morgan fingerprint density at radius 1 is 1.14 bits per heavy atom. The molecule has 9 heteroatoms. The van der Waals surface area contributed by atoms with E-state index in [4.69, 9.17) is 9.47 Å². The van der Waals surface area contributed by atoms with Gasteiger partial charge in [-0.25, -0.2) is 0 Å². The van der Waals surface area contributed by atoms with Crippen LogP contribution in [0, 0.1) is 6.92 Å². The van der Waals surface area contributed by atoms with E-state index in [1.165, 1.54) is 5.56 Å². The quantitative estimate of drug-likeness (QED) is 0.195. The van der Waals surface area contributed by atoms with Crippen molar-refractivity contribution < 1.29 is 9.47 Å². The third-order valence-corrected chi connectivity index (χ3v) is 4.12. The number of ether oxygens (including phenoxy) is 2. The van der Waals surface area contributed by atoms with Crippen molar-refractivity contribution in [3.63, 3.8) is 0 Å². The van der Waals surface area contributed by atoms with E-state index in [0.717, 1.165) is 43.5 Å². The van der Waals surface area contributed by atoms with Gasteiger partial charge in [0.05, 0.1) is 6.54 Å². The first-order chi connectivity index (χ1) is 13.7. The van der Waals surface area contributed by atoms with Crippen LogP contribution in [0.3, 0.4) is 0 Å². The number of halogens is 1. The average Bonchev–Trinajstić information content (AvgIpc) is 3.17. The highest BCUT2D eigenvalue weighted by Gasteiger charge is 2.03. The van der Waals surface area contributed by atoms with Crippen molar-refractivity contribution in [2.75, 3.05) is 40.0 Å². The minimum Gasteiger partial charge on any atom is -0.492 e. The maximum atomic E-state index is 5.76. The molecular weight excluding hydrogens is 483 g/mol. The van der Waals surface area contributed by atoms with Gasteiger partial charge in [0.15, 0.2) is 5.96 Å². The Morgan fingerprint density at radius 3 is 2.62 bits per heavy atom. The first-order valence-corrected chi connectivity index (χ1v) is 9.80. The number of methoxy groups -OCH3 is 1. The van der Waals surface area contributed by atoms with Crippen LogP contribution in [0.1, 0.15) is 24.7 Å². The zero-order valence-electron chi connectivity index (χ0n) is 17.6. The molecule has 0 aliphatic rings. The average molecular weight is 516 g/mol. The third kappa shape index (κ3) is 9.93. The van der Waals surface area contributed by atoms with Crippen LogP contribution in [0.25, 0.3) is 0 Å². The Balaban J connectivity index is 0.00000420. The molecule has 0 spiro atoms. The van der Waals surface area contributed by atoms with Gasteiger partial charge in [0, 0.05) is 39.8 Å². The summed E-state index contributed by atoms with van der Waals surface area (Å²) in [6, 6.07) is 8.06. The van der Waals surface area contributed by atoms with Crippen LogP contribution in [-0.4, -0.2) is 60.7 Å². The summed E-state index contributed by atoms with van der Waals surface area (Å²) >= 11 is 0. The number of benzene rings is 1. The van der Waals surface area contributed by atoms with Crippen LogP contribution in [-0.2, 0) is 17.7 Å². The molecule has 8 nitrogen and oxygen atoms in total. The molecule has 0 atom stereocenters. The van der Waals surface area contributed by atoms with E-state index >= 15 is 0 Å². The van der Waals surface area contributed by atoms with E-state index in [1.54, 1.807) is 13.4 Å². The largest absolute Gasteiger partial charge is 0.492 e. The molecule has 162 valence electrons. The summed E-state index contributed by atoms with van der Waals surface area (Å²) in [6.07, 6.45) is 3.51. The predicted molar refractivity (Wildman–Crippen MR) is 126 cm³/mol. The summed E-state index contributed by atoms with van der Waals surface area (Å²) in [5, 5.41) is 14.7. The van der Waals surface area contributed by atoms with Gasteiger partial charge in [0.25, 0.3) is 0 Å². The Labute approximate surface area is 190 Å². The maximum absolute atomic E-state index is 5.76. The molecule has 0 saturated carbocycles. The molecule has 0 aliphatic carbocycles. The highest BCUT2D eigenvalue weighted by atomic mass is 127. The number of hydrogen-bond donors (Lipinski definition) is 2. The van der Waals surface area contributed by atoms with Crippen molar-refractivity contribution in [1.29, 1.82) is 0 Å². The topological polar surface area (TPSA) is 85.6 Å². The molecule has 0 bridgehead atoms. The molecule has 2 rings (SSSR count). The molecule has 0 aliphatic heterocycles. The van der Waals surface area contributed by atoms with Gasteiger partial charge in [-0.3, -0.25) is 4.99 Å². The summed E-state index contributed by atoms with van der Waals surface area (Å²) in [7, 11) is 1.70. The fourth-order valence-electron chi connectivity index (χ4n) is 2.58. The fraction of sp³-hybridized carbons (Fsp3) is 0.550. The van der Waals surface area contributed by atoms with Crippen molar-refractivity contribution in [3.05, 3.63) is 42.0 Å². The van der Waals surface area contributed by atoms with Crippen molar-refractivity contribution in [2.45, 2.75) is 33.2 Å². The van der Waals surface area contributed by atoms with Crippen molar-refractivity contribution >= 4 is 29.9 Å². The molecular formula is C20H33IN6O2. The zero-order valence-corrected chi connectivity index (χ0v) is 19.9. The summed E-state index contributed by atoms with van der Waals surface area (Å²) in [4.78, 5) is 4.60. The van der Waals surface area contributed by atoms with Gasteiger partial charge in [-0.15, -0.1) is 34.2 Å². The van der Waals surface area contributed by atoms with Crippen molar-refractivity contribution in [3.8, 4) is 5.75 Å². The number of nitrogens with one attached hydrogen (secondary N) is 2. The van der Waals surface area contributed by atoms with Crippen LogP contribution >= 0.6 is 24.0 Å². The number of aryl methyl sites for hydroxylation is 2. The van der Waals surface area contributed by atoms with E-state index in [1.807, 2.05) is 24.3 Å². The molecule has 1 aromatic heterocycles. The molecule has 1 heterocycles. The van der Waals surface area contributed by atoms with E-state index in [9.17, 15) is 0 Å². The molecule has 0 radical (unpaired) electrons. The van der Waals surface area contributed by atoms with Crippen LogP contribution in [0.2, 0.25) is 0 Å². The Kier molecular flexibility index (Phi) is 13.0.